The minimum Gasteiger partial charge on any atom is -0.352 e. The van der Waals surface area contributed by atoms with Crippen LogP contribution in [0.15, 0.2) is 24.7 Å². The molecule has 1 amide bonds. The van der Waals surface area contributed by atoms with Crippen molar-refractivity contribution < 1.29 is 4.79 Å². The van der Waals surface area contributed by atoms with Crippen molar-refractivity contribution in [2.45, 2.75) is 6.42 Å². The number of imidazole rings is 1. The van der Waals surface area contributed by atoms with Gasteiger partial charge in [0.2, 0.25) is 0 Å². The minimum atomic E-state index is -0.246. The first kappa shape index (κ1) is 13.3. The van der Waals surface area contributed by atoms with Crippen LogP contribution in [0.3, 0.4) is 0 Å². The van der Waals surface area contributed by atoms with Crippen molar-refractivity contribution in [3.63, 3.8) is 0 Å². The molecule has 0 aliphatic carbocycles. The molecule has 0 fully saturated rings. The summed E-state index contributed by atoms with van der Waals surface area (Å²) in [7, 11) is 0. The lowest BCUT2D eigenvalue weighted by Crippen LogP contribution is -2.26. The molecular formula is C11H13ClN6O. The number of hydrogen-bond acceptors (Lipinski definition) is 5. The van der Waals surface area contributed by atoms with Crippen molar-refractivity contribution in [3.05, 3.63) is 41.1 Å². The lowest BCUT2D eigenvalue weighted by molar-refractivity contribution is 0.0953. The number of anilines is 1. The maximum atomic E-state index is 11.8. The summed E-state index contributed by atoms with van der Waals surface area (Å²) < 4.78 is 0. The molecule has 0 aliphatic rings. The molecule has 0 radical (unpaired) electrons. The maximum absolute atomic E-state index is 11.8. The monoisotopic (exact) mass is 280 g/mol. The largest absolute Gasteiger partial charge is 0.352 e. The van der Waals surface area contributed by atoms with Crippen molar-refractivity contribution in [3.8, 4) is 0 Å². The van der Waals surface area contributed by atoms with Gasteiger partial charge in [-0.3, -0.25) is 4.79 Å². The Morgan fingerprint density at radius 1 is 1.47 bits per heavy atom. The Morgan fingerprint density at radius 3 is 2.95 bits per heavy atom. The number of pyridine rings is 1. The van der Waals surface area contributed by atoms with Gasteiger partial charge in [0.1, 0.15) is 5.82 Å². The van der Waals surface area contributed by atoms with Crippen molar-refractivity contribution >= 4 is 23.3 Å². The Morgan fingerprint density at radius 2 is 2.32 bits per heavy atom. The van der Waals surface area contributed by atoms with E-state index in [-0.39, 0.29) is 5.91 Å². The SMILES string of the molecule is NNc1ncc(C(=O)NCCc2ncc[nH]2)cc1Cl. The molecule has 100 valence electrons. The van der Waals surface area contributed by atoms with Crippen LogP contribution in [0.2, 0.25) is 5.02 Å². The van der Waals surface area contributed by atoms with E-state index in [0.717, 1.165) is 5.82 Å². The predicted octanol–water partition coefficient (Wildman–Crippen LogP) is 0.716. The van der Waals surface area contributed by atoms with Crippen LogP contribution in [0, 0.1) is 0 Å². The van der Waals surface area contributed by atoms with Gasteiger partial charge >= 0.3 is 0 Å². The Balaban J connectivity index is 1.91. The predicted molar refractivity (Wildman–Crippen MR) is 71.7 cm³/mol. The number of rotatable bonds is 5. The van der Waals surface area contributed by atoms with Gasteiger partial charge in [0.25, 0.3) is 5.91 Å². The van der Waals surface area contributed by atoms with E-state index in [4.69, 9.17) is 17.4 Å². The third kappa shape index (κ3) is 3.43. The van der Waals surface area contributed by atoms with Crippen LogP contribution >= 0.6 is 11.6 Å². The van der Waals surface area contributed by atoms with Gasteiger partial charge in [-0.05, 0) is 6.07 Å². The number of aromatic nitrogens is 3. The molecule has 0 bridgehead atoms. The van der Waals surface area contributed by atoms with Gasteiger partial charge in [0.05, 0.1) is 10.6 Å². The van der Waals surface area contributed by atoms with Crippen LogP contribution in [-0.4, -0.2) is 27.4 Å². The summed E-state index contributed by atoms with van der Waals surface area (Å²) in [6.45, 7) is 0.473. The number of nitrogens with one attached hydrogen (secondary N) is 3. The van der Waals surface area contributed by atoms with Gasteiger partial charge in [-0.15, -0.1) is 0 Å². The van der Waals surface area contributed by atoms with Crippen LogP contribution < -0.4 is 16.6 Å². The first-order valence-electron chi connectivity index (χ1n) is 5.59. The first-order chi connectivity index (χ1) is 9.20. The highest BCUT2D eigenvalue weighted by molar-refractivity contribution is 6.33. The number of hydrazine groups is 1. The van der Waals surface area contributed by atoms with E-state index in [1.807, 2.05) is 0 Å². The molecule has 2 aromatic heterocycles. The Bertz CT molecular complexity index is 556. The summed E-state index contributed by atoms with van der Waals surface area (Å²) in [5.41, 5.74) is 2.71. The van der Waals surface area contributed by atoms with E-state index < -0.39 is 0 Å². The van der Waals surface area contributed by atoms with Crippen LogP contribution in [0.5, 0.6) is 0 Å². The minimum absolute atomic E-state index is 0.246. The summed E-state index contributed by atoms with van der Waals surface area (Å²) in [5, 5.41) is 3.05. The zero-order chi connectivity index (χ0) is 13.7. The van der Waals surface area contributed by atoms with Gasteiger partial charge in [-0.25, -0.2) is 15.8 Å². The highest BCUT2D eigenvalue weighted by Crippen LogP contribution is 2.18. The smallest absolute Gasteiger partial charge is 0.252 e. The lowest BCUT2D eigenvalue weighted by Gasteiger charge is -2.06. The van der Waals surface area contributed by atoms with Crippen molar-refractivity contribution in [1.29, 1.82) is 0 Å². The Labute approximate surface area is 114 Å². The molecule has 2 aromatic rings. The molecule has 5 N–H and O–H groups in total. The average molecular weight is 281 g/mol. The molecule has 0 saturated heterocycles. The molecule has 0 aromatic carbocycles. The fourth-order valence-electron chi connectivity index (χ4n) is 1.50. The van der Waals surface area contributed by atoms with Gasteiger partial charge in [0.15, 0.2) is 5.82 Å². The van der Waals surface area contributed by atoms with E-state index >= 15 is 0 Å². The molecular weight excluding hydrogens is 268 g/mol. The second-order valence-corrected chi connectivity index (χ2v) is 4.15. The number of aromatic amines is 1. The zero-order valence-corrected chi connectivity index (χ0v) is 10.7. The number of carbonyl (C=O) groups excluding carboxylic acids is 1. The summed E-state index contributed by atoms with van der Waals surface area (Å²) in [4.78, 5) is 22.8. The molecule has 7 nitrogen and oxygen atoms in total. The molecule has 19 heavy (non-hydrogen) atoms. The molecule has 2 heterocycles. The molecule has 8 heteroatoms. The lowest BCUT2D eigenvalue weighted by atomic mass is 10.2. The molecule has 0 atom stereocenters. The number of nitrogens with two attached hydrogens (primary N) is 1. The maximum Gasteiger partial charge on any atom is 0.252 e. The topological polar surface area (TPSA) is 109 Å². The van der Waals surface area contributed by atoms with Gasteiger partial charge in [0, 0.05) is 31.6 Å². The quantitative estimate of drug-likeness (QED) is 0.477. The Kier molecular flexibility index (Phi) is 4.32. The van der Waals surface area contributed by atoms with E-state index in [0.29, 0.717) is 29.4 Å². The molecule has 0 unspecified atom stereocenters. The van der Waals surface area contributed by atoms with Crippen LogP contribution in [0.4, 0.5) is 5.82 Å². The number of hydrogen-bond donors (Lipinski definition) is 4. The molecule has 0 saturated carbocycles. The van der Waals surface area contributed by atoms with E-state index in [9.17, 15) is 4.79 Å². The fourth-order valence-corrected chi connectivity index (χ4v) is 1.72. The first-order valence-corrected chi connectivity index (χ1v) is 5.97. The van der Waals surface area contributed by atoms with E-state index in [2.05, 4.69) is 25.7 Å². The number of nitrogens with zero attached hydrogens (tertiary/aromatic N) is 2. The second kappa shape index (κ2) is 6.17. The summed E-state index contributed by atoms with van der Waals surface area (Å²) >= 11 is 5.89. The third-order valence-electron chi connectivity index (χ3n) is 2.44. The normalized spacial score (nSPS) is 10.2. The van der Waals surface area contributed by atoms with E-state index in [1.165, 1.54) is 12.3 Å². The van der Waals surface area contributed by atoms with Crippen LogP contribution in [0.1, 0.15) is 16.2 Å². The van der Waals surface area contributed by atoms with Crippen molar-refractivity contribution in [2.24, 2.45) is 5.84 Å². The highest BCUT2D eigenvalue weighted by Gasteiger charge is 2.09. The summed E-state index contributed by atoms with van der Waals surface area (Å²) in [6, 6.07) is 1.51. The average Bonchev–Trinajstić information content (AvgIpc) is 2.91. The molecule has 2 rings (SSSR count). The van der Waals surface area contributed by atoms with Gasteiger partial charge < -0.3 is 15.7 Å². The van der Waals surface area contributed by atoms with Crippen molar-refractivity contribution in [1.82, 2.24) is 20.3 Å². The van der Waals surface area contributed by atoms with Gasteiger partial charge in [-0.1, -0.05) is 11.6 Å². The van der Waals surface area contributed by atoms with E-state index in [1.54, 1.807) is 12.4 Å². The molecule has 0 spiro atoms. The fraction of sp³-hybridized carbons (Fsp3) is 0.182. The number of halogens is 1. The summed E-state index contributed by atoms with van der Waals surface area (Å²) in [5.74, 6) is 6.10. The van der Waals surface area contributed by atoms with Gasteiger partial charge in [-0.2, -0.15) is 0 Å². The zero-order valence-electron chi connectivity index (χ0n) is 9.98. The van der Waals surface area contributed by atoms with Crippen LogP contribution in [0.25, 0.3) is 0 Å². The second-order valence-electron chi connectivity index (χ2n) is 3.74. The van der Waals surface area contributed by atoms with Crippen LogP contribution in [-0.2, 0) is 6.42 Å². The number of H-pyrrole nitrogens is 1. The third-order valence-corrected chi connectivity index (χ3v) is 2.73. The van der Waals surface area contributed by atoms with Crippen molar-refractivity contribution in [2.75, 3.05) is 12.0 Å². The standard InChI is InChI=1S/C11H13ClN6O/c12-8-5-7(6-17-10(8)18-13)11(19)16-2-1-9-14-3-4-15-9/h3-6H,1-2,13H2,(H,14,15)(H,16,19)(H,17,18). The Hall–Kier alpha value is -2.12. The number of amides is 1. The molecule has 0 aliphatic heterocycles. The highest BCUT2D eigenvalue weighted by atomic mass is 35.5. The number of nitrogen functional groups attached to an aromatic ring is 1. The number of carbonyl (C=O) groups is 1. The summed E-state index contributed by atoms with van der Waals surface area (Å²) in [6.07, 6.45) is 5.43.